The lowest BCUT2D eigenvalue weighted by Crippen LogP contribution is -2.18. The molecule has 0 aliphatic rings. The number of rotatable bonds is 4. The van der Waals surface area contributed by atoms with Crippen molar-refractivity contribution in [2.75, 3.05) is 24.3 Å². The van der Waals surface area contributed by atoms with Gasteiger partial charge in [-0.05, 0) is 25.1 Å². The first kappa shape index (κ1) is 13.7. The summed E-state index contributed by atoms with van der Waals surface area (Å²) in [6, 6.07) is 5.61. The van der Waals surface area contributed by atoms with Crippen molar-refractivity contribution < 1.29 is 9.59 Å². The van der Waals surface area contributed by atoms with Crippen molar-refractivity contribution in [1.82, 2.24) is 0 Å². The van der Waals surface area contributed by atoms with Gasteiger partial charge in [0.1, 0.15) is 5.78 Å². The number of nitrogens with zero attached hydrogens (tertiary/aromatic N) is 1. The predicted molar refractivity (Wildman–Crippen MR) is 72.4 cm³/mol. The number of benzene rings is 1. The van der Waals surface area contributed by atoms with Crippen LogP contribution in [-0.2, 0) is 9.59 Å². The standard InChI is InChI=1S/C12H15BrN2O2/c1-8(16)6-12(17)14-10-7-9(13)4-5-11(10)15(2)3/h4-5,7H,6H2,1-3H3,(H,14,17). The highest BCUT2D eigenvalue weighted by Gasteiger charge is 2.10. The molecule has 0 fully saturated rings. The van der Waals surface area contributed by atoms with Gasteiger partial charge in [0.15, 0.2) is 0 Å². The minimum atomic E-state index is -0.293. The molecule has 0 atom stereocenters. The van der Waals surface area contributed by atoms with Crippen LogP contribution in [0.4, 0.5) is 11.4 Å². The third-order valence-corrected chi connectivity index (χ3v) is 2.62. The minimum Gasteiger partial charge on any atom is -0.376 e. The smallest absolute Gasteiger partial charge is 0.231 e. The second-order valence-electron chi connectivity index (χ2n) is 3.98. The van der Waals surface area contributed by atoms with Gasteiger partial charge in [0.25, 0.3) is 0 Å². The average molecular weight is 299 g/mol. The van der Waals surface area contributed by atoms with Crippen LogP contribution in [0.2, 0.25) is 0 Å². The second-order valence-corrected chi connectivity index (χ2v) is 4.90. The number of ketones is 1. The van der Waals surface area contributed by atoms with Crippen LogP contribution in [-0.4, -0.2) is 25.8 Å². The summed E-state index contributed by atoms with van der Waals surface area (Å²) in [7, 11) is 3.79. The lowest BCUT2D eigenvalue weighted by Gasteiger charge is -2.18. The van der Waals surface area contributed by atoms with E-state index in [9.17, 15) is 9.59 Å². The molecule has 0 aliphatic heterocycles. The maximum Gasteiger partial charge on any atom is 0.231 e. The molecule has 0 spiro atoms. The summed E-state index contributed by atoms with van der Waals surface area (Å²) in [6.07, 6.45) is -0.0978. The van der Waals surface area contributed by atoms with Gasteiger partial charge in [0.05, 0.1) is 17.8 Å². The number of amides is 1. The molecule has 0 saturated carbocycles. The first-order valence-corrected chi connectivity index (χ1v) is 5.95. The van der Waals surface area contributed by atoms with Crippen molar-refractivity contribution in [1.29, 1.82) is 0 Å². The number of Topliss-reactive ketones (excluding diaryl/α,β-unsaturated/α-hetero) is 1. The van der Waals surface area contributed by atoms with E-state index in [-0.39, 0.29) is 18.1 Å². The maximum absolute atomic E-state index is 11.5. The highest BCUT2D eigenvalue weighted by atomic mass is 79.9. The highest BCUT2D eigenvalue weighted by molar-refractivity contribution is 9.10. The van der Waals surface area contributed by atoms with Crippen molar-refractivity contribution in [3.63, 3.8) is 0 Å². The molecule has 0 heterocycles. The zero-order valence-electron chi connectivity index (χ0n) is 10.1. The van der Waals surface area contributed by atoms with Crippen LogP contribution in [0.25, 0.3) is 0 Å². The highest BCUT2D eigenvalue weighted by Crippen LogP contribution is 2.28. The lowest BCUT2D eigenvalue weighted by atomic mass is 10.2. The average Bonchev–Trinajstić information content (AvgIpc) is 2.15. The van der Waals surface area contributed by atoms with Gasteiger partial charge in [-0.3, -0.25) is 9.59 Å². The normalized spacial score (nSPS) is 9.88. The van der Waals surface area contributed by atoms with Gasteiger partial charge in [-0.15, -0.1) is 0 Å². The third-order valence-electron chi connectivity index (χ3n) is 2.12. The summed E-state index contributed by atoms with van der Waals surface area (Å²) in [5, 5.41) is 2.73. The van der Waals surface area contributed by atoms with Crippen LogP contribution in [0.3, 0.4) is 0 Å². The molecule has 1 N–H and O–H groups in total. The third kappa shape index (κ3) is 4.19. The molecule has 92 valence electrons. The summed E-state index contributed by atoms with van der Waals surface area (Å²) in [5.74, 6) is -0.442. The molecule has 0 bridgehead atoms. The van der Waals surface area contributed by atoms with Gasteiger partial charge in [-0.25, -0.2) is 0 Å². The Kier molecular flexibility index (Phi) is 4.69. The Morgan fingerprint density at radius 3 is 2.53 bits per heavy atom. The van der Waals surface area contributed by atoms with Crippen molar-refractivity contribution in [2.45, 2.75) is 13.3 Å². The van der Waals surface area contributed by atoms with E-state index in [1.54, 1.807) is 0 Å². The Morgan fingerprint density at radius 1 is 1.35 bits per heavy atom. The molecule has 5 heteroatoms. The van der Waals surface area contributed by atoms with Crippen molar-refractivity contribution in [2.24, 2.45) is 0 Å². The summed E-state index contributed by atoms with van der Waals surface area (Å²) in [5.41, 5.74) is 1.58. The minimum absolute atomic E-state index is 0.0978. The van der Waals surface area contributed by atoms with Crippen LogP contribution < -0.4 is 10.2 Å². The van der Waals surface area contributed by atoms with Crippen LogP contribution in [0.15, 0.2) is 22.7 Å². The van der Waals surface area contributed by atoms with E-state index in [4.69, 9.17) is 0 Å². The van der Waals surface area contributed by atoms with Gasteiger partial charge < -0.3 is 10.2 Å². The van der Waals surface area contributed by atoms with Crippen molar-refractivity contribution >= 4 is 39.0 Å². The van der Waals surface area contributed by atoms with E-state index < -0.39 is 0 Å². The molecule has 1 rings (SSSR count). The Balaban J connectivity index is 2.92. The van der Waals surface area contributed by atoms with Gasteiger partial charge >= 0.3 is 0 Å². The van der Waals surface area contributed by atoms with E-state index >= 15 is 0 Å². The second kappa shape index (κ2) is 5.82. The summed E-state index contributed by atoms with van der Waals surface area (Å²) in [4.78, 5) is 24.3. The Bertz CT molecular complexity index is 444. The Hall–Kier alpha value is -1.36. The zero-order valence-corrected chi connectivity index (χ0v) is 11.7. The van der Waals surface area contributed by atoms with E-state index in [2.05, 4.69) is 21.2 Å². The van der Waals surface area contributed by atoms with Gasteiger partial charge in [0, 0.05) is 18.6 Å². The molecule has 1 aromatic rings. The first-order chi connectivity index (χ1) is 7.90. The number of hydrogen-bond donors (Lipinski definition) is 1. The number of halogens is 1. The first-order valence-electron chi connectivity index (χ1n) is 5.16. The number of hydrogen-bond acceptors (Lipinski definition) is 3. The van der Waals surface area contributed by atoms with E-state index in [0.717, 1.165) is 10.2 Å². The van der Waals surface area contributed by atoms with Gasteiger partial charge in [-0.1, -0.05) is 15.9 Å². The number of nitrogens with one attached hydrogen (secondary N) is 1. The topological polar surface area (TPSA) is 49.4 Å². The summed E-state index contributed by atoms with van der Waals surface area (Å²) >= 11 is 3.35. The van der Waals surface area contributed by atoms with E-state index in [1.165, 1.54) is 6.92 Å². The molecule has 0 unspecified atom stereocenters. The van der Waals surface area contributed by atoms with Crippen molar-refractivity contribution in [3.8, 4) is 0 Å². The zero-order chi connectivity index (χ0) is 13.0. The lowest BCUT2D eigenvalue weighted by molar-refractivity contribution is -0.124. The van der Waals surface area contributed by atoms with Crippen LogP contribution in [0, 0.1) is 0 Å². The molecule has 0 aliphatic carbocycles. The fourth-order valence-electron chi connectivity index (χ4n) is 1.42. The maximum atomic E-state index is 11.5. The van der Waals surface area contributed by atoms with E-state index in [1.807, 2.05) is 37.2 Å². The van der Waals surface area contributed by atoms with Crippen molar-refractivity contribution in [3.05, 3.63) is 22.7 Å². The molecule has 1 amide bonds. The molecule has 4 nitrogen and oxygen atoms in total. The van der Waals surface area contributed by atoms with Gasteiger partial charge in [0.2, 0.25) is 5.91 Å². The SMILES string of the molecule is CC(=O)CC(=O)Nc1cc(Br)ccc1N(C)C. The number of carbonyl (C=O) groups excluding carboxylic acids is 2. The molecule has 17 heavy (non-hydrogen) atoms. The fraction of sp³-hybridized carbons (Fsp3) is 0.333. The van der Waals surface area contributed by atoms with Crippen LogP contribution >= 0.6 is 15.9 Å². The quantitative estimate of drug-likeness (QED) is 0.869. The Labute approximate surface area is 109 Å². The summed E-state index contributed by atoms with van der Waals surface area (Å²) < 4.78 is 0.876. The molecule has 1 aromatic carbocycles. The van der Waals surface area contributed by atoms with E-state index in [0.29, 0.717) is 5.69 Å². The molecular weight excluding hydrogens is 284 g/mol. The molecular formula is C12H15BrN2O2. The Morgan fingerprint density at radius 2 is 2.00 bits per heavy atom. The molecule has 0 radical (unpaired) electrons. The number of anilines is 2. The summed E-state index contributed by atoms with van der Waals surface area (Å²) in [6.45, 7) is 1.40. The number of carbonyl (C=O) groups is 2. The van der Waals surface area contributed by atoms with Gasteiger partial charge in [-0.2, -0.15) is 0 Å². The molecule has 0 aromatic heterocycles. The monoisotopic (exact) mass is 298 g/mol. The van der Waals surface area contributed by atoms with Crippen LogP contribution in [0.5, 0.6) is 0 Å². The largest absolute Gasteiger partial charge is 0.376 e. The molecule has 0 saturated heterocycles. The fourth-order valence-corrected chi connectivity index (χ4v) is 1.78. The van der Waals surface area contributed by atoms with Crippen LogP contribution in [0.1, 0.15) is 13.3 Å². The predicted octanol–water partition coefficient (Wildman–Crippen LogP) is 2.43.